The Morgan fingerprint density at radius 3 is 2.46 bits per heavy atom. The fourth-order valence-electron chi connectivity index (χ4n) is 5.96. The van der Waals surface area contributed by atoms with Crippen molar-refractivity contribution >= 4 is 5.91 Å². The van der Waals surface area contributed by atoms with E-state index in [4.69, 9.17) is 9.47 Å². The Balaban J connectivity index is 1.26. The molecule has 4 aliphatic rings. The standard InChI is InChI=1S/C21H36N2O3/c1-25-19-16-23(21(19)10-14-26-15-11-21)18-8-12-22(13-9-18)20(24)7-6-17-4-2-3-5-17/h17-19H,2-16H2,1H3. The summed E-state index contributed by atoms with van der Waals surface area (Å²) in [6.07, 6.45) is 12.1. The van der Waals surface area contributed by atoms with E-state index in [0.717, 1.165) is 77.3 Å². The van der Waals surface area contributed by atoms with Crippen LogP contribution in [0.2, 0.25) is 0 Å². The van der Waals surface area contributed by atoms with E-state index < -0.39 is 0 Å². The molecule has 1 spiro atoms. The van der Waals surface area contributed by atoms with Gasteiger partial charge in [0.15, 0.2) is 0 Å². The van der Waals surface area contributed by atoms with Gasteiger partial charge in [-0.1, -0.05) is 25.7 Å². The van der Waals surface area contributed by atoms with Crippen molar-refractivity contribution in [3.8, 4) is 0 Å². The van der Waals surface area contributed by atoms with Crippen molar-refractivity contribution in [3.63, 3.8) is 0 Å². The molecule has 26 heavy (non-hydrogen) atoms. The smallest absolute Gasteiger partial charge is 0.222 e. The second-order valence-electron chi connectivity index (χ2n) is 8.89. The highest BCUT2D eigenvalue weighted by Gasteiger charge is 2.56. The molecule has 1 amide bonds. The molecule has 1 aliphatic carbocycles. The molecule has 0 aromatic rings. The first-order valence-electron chi connectivity index (χ1n) is 10.9. The van der Waals surface area contributed by atoms with E-state index in [1.54, 1.807) is 0 Å². The topological polar surface area (TPSA) is 42.0 Å². The Hall–Kier alpha value is -0.650. The summed E-state index contributed by atoms with van der Waals surface area (Å²) in [4.78, 5) is 17.4. The maximum absolute atomic E-state index is 12.6. The molecule has 0 bridgehead atoms. The molecule has 0 aromatic heterocycles. The highest BCUT2D eigenvalue weighted by atomic mass is 16.5. The number of nitrogens with zero attached hydrogens (tertiary/aromatic N) is 2. The first-order chi connectivity index (χ1) is 12.7. The molecule has 1 unspecified atom stereocenters. The predicted molar refractivity (Wildman–Crippen MR) is 101 cm³/mol. The minimum absolute atomic E-state index is 0.201. The van der Waals surface area contributed by atoms with Gasteiger partial charge in [-0.15, -0.1) is 0 Å². The Labute approximate surface area is 158 Å². The van der Waals surface area contributed by atoms with Gasteiger partial charge in [-0.2, -0.15) is 0 Å². The monoisotopic (exact) mass is 364 g/mol. The molecular weight excluding hydrogens is 328 g/mol. The zero-order valence-electron chi connectivity index (χ0n) is 16.5. The van der Waals surface area contributed by atoms with Crippen LogP contribution >= 0.6 is 0 Å². The van der Waals surface area contributed by atoms with Crippen molar-refractivity contribution in [2.24, 2.45) is 5.92 Å². The van der Waals surface area contributed by atoms with E-state index in [9.17, 15) is 4.79 Å². The second kappa shape index (κ2) is 8.15. The van der Waals surface area contributed by atoms with Crippen molar-refractivity contribution in [1.29, 1.82) is 0 Å². The summed E-state index contributed by atoms with van der Waals surface area (Å²) in [7, 11) is 1.85. The summed E-state index contributed by atoms with van der Waals surface area (Å²) < 4.78 is 11.4. The SMILES string of the molecule is COC1CN(C2CCN(C(=O)CCC3CCCC3)CC2)C12CCOCC2. The number of likely N-dealkylation sites (tertiary alicyclic amines) is 2. The Bertz CT molecular complexity index is 478. The average Bonchev–Trinajstić information content (AvgIpc) is 3.20. The summed E-state index contributed by atoms with van der Waals surface area (Å²) in [5.74, 6) is 1.21. The van der Waals surface area contributed by atoms with Crippen LogP contribution in [0.3, 0.4) is 0 Å². The number of carbonyl (C=O) groups excluding carboxylic acids is 1. The van der Waals surface area contributed by atoms with Gasteiger partial charge in [0.2, 0.25) is 5.91 Å². The van der Waals surface area contributed by atoms with Crippen molar-refractivity contribution in [3.05, 3.63) is 0 Å². The molecule has 3 saturated heterocycles. The van der Waals surface area contributed by atoms with Crippen LogP contribution in [0, 0.1) is 5.92 Å². The maximum atomic E-state index is 12.6. The molecule has 4 fully saturated rings. The zero-order valence-corrected chi connectivity index (χ0v) is 16.5. The molecule has 5 nitrogen and oxygen atoms in total. The van der Waals surface area contributed by atoms with Crippen molar-refractivity contribution in [2.75, 3.05) is 40.0 Å². The highest BCUT2D eigenvalue weighted by Crippen LogP contribution is 2.44. The Kier molecular flexibility index (Phi) is 5.87. The number of piperidine rings is 1. The van der Waals surface area contributed by atoms with E-state index in [0.29, 0.717) is 18.1 Å². The van der Waals surface area contributed by atoms with Gasteiger partial charge in [-0.25, -0.2) is 0 Å². The van der Waals surface area contributed by atoms with Crippen LogP contribution in [-0.2, 0) is 14.3 Å². The van der Waals surface area contributed by atoms with Gasteiger partial charge in [0, 0.05) is 52.4 Å². The number of methoxy groups -OCH3 is 1. The van der Waals surface area contributed by atoms with Crippen LogP contribution in [-0.4, -0.2) is 73.3 Å². The fraction of sp³-hybridized carbons (Fsp3) is 0.952. The molecule has 1 saturated carbocycles. The molecule has 3 aliphatic heterocycles. The molecule has 0 N–H and O–H groups in total. The summed E-state index contributed by atoms with van der Waals surface area (Å²) in [6.45, 7) is 4.64. The second-order valence-corrected chi connectivity index (χ2v) is 8.89. The number of rotatable bonds is 5. The lowest BCUT2D eigenvalue weighted by Crippen LogP contribution is -2.75. The number of ether oxygens (including phenoxy) is 2. The van der Waals surface area contributed by atoms with Crippen LogP contribution in [0.1, 0.15) is 64.2 Å². The molecule has 5 heteroatoms. The predicted octanol–water partition coefficient (Wildman–Crippen LogP) is 2.83. The van der Waals surface area contributed by atoms with Gasteiger partial charge in [-0.3, -0.25) is 9.69 Å². The average molecular weight is 365 g/mol. The molecule has 0 radical (unpaired) electrons. The van der Waals surface area contributed by atoms with E-state index in [1.807, 2.05) is 7.11 Å². The first kappa shape index (κ1) is 18.7. The van der Waals surface area contributed by atoms with E-state index in [1.165, 1.54) is 25.7 Å². The van der Waals surface area contributed by atoms with E-state index in [-0.39, 0.29) is 5.54 Å². The Morgan fingerprint density at radius 2 is 1.81 bits per heavy atom. The van der Waals surface area contributed by atoms with Crippen LogP contribution in [0.25, 0.3) is 0 Å². The third-order valence-electron chi connectivity index (χ3n) is 7.68. The summed E-state index contributed by atoms with van der Waals surface area (Å²) >= 11 is 0. The molecule has 0 aromatic carbocycles. The van der Waals surface area contributed by atoms with Crippen LogP contribution < -0.4 is 0 Å². The summed E-state index contributed by atoms with van der Waals surface area (Å²) in [5.41, 5.74) is 0.201. The van der Waals surface area contributed by atoms with Gasteiger partial charge in [0.1, 0.15) is 0 Å². The third kappa shape index (κ3) is 3.55. The Morgan fingerprint density at radius 1 is 1.12 bits per heavy atom. The number of hydrogen-bond acceptors (Lipinski definition) is 4. The van der Waals surface area contributed by atoms with Gasteiger partial charge < -0.3 is 14.4 Å². The van der Waals surface area contributed by atoms with Gasteiger partial charge >= 0.3 is 0 Å². The minimum atomic E-state index is 0.201. The first-order valence-corrected chi connectivity index (χ1v) is 10.9. The lowest BCUT2D eigenvalue weighted by atomic mass is 9.73. The summed E-state index contributed by atoms with van der Waals surface area (Å²) in [5, 5.41) is 0. The third-order valence-corrected chi connectivity index (χ3v) is 7.68. The number of carbonyl (C=O) groups is 1. The quantitative estimate of drug-likeness (QED) is 0.752. The number of hydrogen-bond donors (Lipinski definition) is 0. The molecule has 1 atom stereocenters. The fourth-order valence-corrected chi connectivity index (χ4v) is 5.96. The van der Waals surface area contributed by atoms with Gasteiger partial charge in [0.05, 0.1) is 11.6 Å². The lowest BCUT2D eigenvalue weighted by Gasteiger charge is -2.63. The van der Waals surface area contributed by atoms with Crippen LogP contribution in [0.4, 0.5) is 0 Å². The van der Waals surface area contributed by atoms with Crippen LogP contribution in [0.5, 0.6) is 0 Å². The zero-order chi connectivity index (χ0) is 18.0. The largest absolute Gasteiger partial charge is 0.381 e. The van der Waals surface area contributed by atoms with E-state index in [2.05, 4.69) is 9.80 Å². The van der Waals surface area contributed by atoms with Crippen LogP contribution in [0.15, 0.2) is 0 Å². The molecular formula is C21H36N2O3. The van der Waals surface area contributed by atoms with E-state index >= 15 is 0 Å². The van der Waals surface area contributed by atoms with Gasteiger partial charge in [-0.05, 0) is 38.0 Å². The lowest BCUT2D eigenvalue weighted by molar-refractivity contribution is -0.208. The summed E-state index contributed by atoms with van der Waals surface area (Å²) in [6, 6.07) is 0.610. The molecule has 4 rings (SSSR count). The van der Waals surface area contributed by atoms with Crippen molar-refractivity contribution in [1.82, 2.24) is 9.80 Å². The normalized spacial score (nSPS) is 30.7. The van der Waals surface area contributed by atoms with Gasteiger partial charge in [0.25, 0.3) is 0 Å². The number of amides is 1. The van der Waals surface area contributed by atoms with Crippen molar-refractivity contribution < 1.29 is 14.3 Å². The highest BCUT2D eigenvalue weighted by molar-refractivity contribution is 5.76. The van der Waals surface area contributed by atoms with Crippen molar-refractivity contribution in [2.45, 2.75) is 81.9 Å². The molecule has 148 valence electrons. The maximum Gasteiger partial charge on any atom is 0.222 e. The minimum Gasteiger partial charge on any atom is -0.381 e. The molecule has 3 heterocycles.